The second-order valence-electron chi connectivity index (χ2n) is 10.0. The number of hydrogen-bond acceptors (Lipinski definition) is 7. The van der Waals surface area contributed by atoms with E-state index in [-0.39, 0.29) is 18.0 Å². The van der Waals surface area contributed by atoms with E-state index in [4.69, 9.17) is 4.74 Å². The molecular weight excluding hydrogens is 516 g/mol. The first kappa shape index (κ1) is 30.3. The van der Waals surface area contributed by atoms with Crippen LogP contribution >= 0.6 is 0 Å². The fourth-order valence-electron chi connectivity index (χ4n) is 3.90. The number of amides is 1. The number of allylic oxidation sites excluding steroid dienone is 2. The molecule has 39 heavy (non-hydrogen) atoms. The number of carbonyl (C=O) groups excluding carboxylic acids is 1. The Kier molecular flexibility index (Phi) is 10.7. The predicted octanol–water partition coefficient (Wildman–Crippen LogP) is 3.00. The third-order valence-corrected chi connectivity index (χ3v) is 8.60. The van der Waals surface area contributed by atoms with E-state index in [1.165, 1.54) is 13.1 Å². The molecule has 1 saturated carbocycles. The average Bonchev–Trinajstić information content (AvgIpc) is 3.74. The molecule has 2 atom stereocenters. The molecule has 1 amide bonds. The SMILES string of the molecule is C=CCc1cccc(OCC(NC(=O)c2cc(CC=C)nc(N(C)S(=O)(=O)C(C)C)c2)C(O)CNC2CC2)c1. The summed E-state index contributed by atoms with van der Waals surface area (Å²) in [7, 11) is -2.24. The van der Waals surface area contributed by atoms with E-state index in [1.54, 1.807) is 26.0 Å². The number of aliphatic hydroxyl groups excluding tert-OH is 1. The largest absolute Gasteiger partial charge is 0.491 e. The van der Waals surface area contributed by atoms with Crippen LogP contribution < -0.4 is 19.7 Å². The summed E-state index contributed by atoms with van der Waals surface area (Å²) >= 11 is 0. The quantitative estimate of drug-likeness (QED) is 0.272. The van der Waals surface area contributed by atoms with Crippen molar-refractivity contribution in [1.82, 2.24) is 15.6 Å². The van der Waals surface area contributed by atoms with Crippen LogP contribution in [0.2, 0.25) is 0 Å². The molecule has 3 N–H and O–H groups in total. The second-order valence-corrected chi connectivity index (χ2v) is 12.6. The van der Waals surface area contributed by atoms with Gasteiger partial charge in [0.1, 0.15) is 18.2 Å². The van der Waals surface area contributed by atoms with Crippen LogP contribution in [0, 0.1) is 0 Å². The molecule has 0 spiro atoms. The Balaban J connectivity index is 1.83. The number of sulfonamides is 1. The summed E-state index contributed by atoms with van der Waals surface area (Å²) in [6.07, 6.45) is 5.71. The molecule has 212 valence electrons. The fourth-order valence-corrected chi connectivity index (χ4v) is 4.88. The van der Waals surface area contributed by atoms with Crippen molar-refractivity contribution in [2.75, 3.05) is 24.5 Å². The maximum absolute atomic E-state index is 13.4. The maximum atomic E-state index is 13.4. The molecule has 3 rings (SSSR count). The molecule has 1 fully saturated rings. The zero-order valence-electron chi connectivity index (χ0n) is 23.0. The first-order valence-electron chi connectivity index (χ1n) is 13.2. The Labute approximate surface area is 232 Å². The van der Waals surface area contributed by atoms with E-state index < -0.39 is 33.3 Å². The molecule has 2 aromatic rings. The van der Waals surface area contributed by atoms with Gasteiger partial charge in [0.25, 0.3) is 5.91 Å². The first-order valence-corrected chi connectivity index (χ1v) is 14.7. The average molecular weight is 557 g/mol. The molecule has 0 bridgehead atoms. The summed E-state index contributed by atoms with van der Waals surface area (Å²) in [5.74, 6) is 0.283. The van der Waals surface area contributed by atoms with Crippen LogP contribution in [-0.2, 0) is 22.9 Å². The van der Waals surface area contributed by atoms with E-state index in [1.807, 2.05) is 30.3 Å². The van der Waals surface area contributed by atoms with Gasteiger partial charge in [-0.05, 0) is 62.9 Å². The third kappa shape index (κ3) is 8.64. The van der Waals surface area contributed by atoms with Crippen molar-refractivity contribution in [3.63, 3.8) is 0 Å². The van der Waals surface area contributed by atoms with Crippen molar-refractivity contribution >= 4 is 21.7 Å². The topological polar surface area (TPSA) is 121 Å². The number of benzene rings is 1. The van der Waals surface area contributed by atoms with E-state index in [2.05, 4.69) is 28.8 Å². The minimum atomic E-state index is -3.66. The van der Waals surface area contributed by atoms with Gasteiger partial charge in [-0.3, -0.25) is 9.10 Å². The normalized spacial score (nSPS) is 14.9. The highest BCUT2D eigenvalue weighted by atomic mass is 32.2. The Morgan fingerprint density at radius 1 is 1.21 bits per heavy atom. The van der Waals surface area contributed by atoms with Crippen molar-refractivity contribution < 1.29 is 23.1 Å². The monoisotopic (exact) mass is 556 g/mol. The highest BCUT2D eigenvalue weighted by molar-refractivity contribution is 7.93. The lowest BCUT2D eigenvalue weighted by Gasteiger charge is -2.26. The summed E-state index contributed by atoms with van der Waals surface area (Å²) in [4.78, 5) is 17.9. The van der Waals surface area contributed by atoms with Gasteiger partial charge >= 0.3 is 0 Å². The number of nitrogens with zero attached hydrogens (tertiary/aromatic N) is 2. The van der Waals surface area contributed by atoms with Crippen molar-refractivity contribution in [3.05, 3.63) is 78.5 Å². The zero-order chi connectivity index (χ0) is 28.6. The molecule has 2 unspecified atom stereocenters. The summed E-state index contributed by atoms with van der Waals surface area (Å²) in [5.41, 5.74) is 1.77. The van der Waals surface area contributed by atoms with Crippen molar-refractivity contribution in [2.45, 2.75) is 63.0 Å². The van der Waals surface area contributed by atoms with Crippen LogP contribution in [0.4, 0.5) is 5.82 Å². The molecule has 0 aliphatic heterocycles. The molecule has 1 aliphatic carbocycles. The van der Waals surface area contributed by atoms with E-state index >= 15 is 0 Å². The highest BCUT2D eigenvalue weighted by Gasteiger charge is 2.28. The summed E-state index contributed by atoms with van der Waals surface area (Å²) in [5, 5.41) is 16.5. The number of ether oxygens (including phenoxy) is 1. The number of aromatic nitrogens is 1. The Bertz CT molecular complexity index is 1260. The maximum Gasteiger partial charge on any atom is 0.251 e. The van der Waals surface area contributed by atoms with Crippen molar-refractivity contribution in [3.8, 4) is 5.75 Å². The van der Waals surface area contributed by atoms with Crippen LogP contribution in [0.5, 0.6) is 5.75 Å². The number of rotatable bonds is 16. The minimum absolute atomic E-state index is 0.0376. The van der Waals surface area contributed by atoms with Gasteiger partial charge in [0, 0.05) is 37.3 Å². The van der Waals surface area contributed by atoms with Crippen LogP contribution in [0.3, 0.4) is 0 Å². The van der Waals surface area contributed by atoms with Crippen LogP contribution in [-0.4, -0.2) is 68.1 Å². The zero-order valence-corrected chi connectivity index (χ0v) is 23.8. The second kappa shape index (κ2) is 13.7. The summed E-state index contributed by atoms with van der Waals surface area (Å²) in [6, 6.07) is 10.3. The standard InChI is InChI=1S/C29H40N4O5S/c1-6-9-21-11-8-12-25(15-21)38-19-26(27(34)18-30-23-13-14-23)32-29(35)22-16-24(10-7-2)31-28(17-22)33(5)39(36,37)20(3)4/h6-8,11-12,15-17,20,23,26-27,30,34H,1-2,9-10,13-14,18-19H2,3-5H3,(H,32,35). The Morgan fingerprint density at radius 3 is 2.56 bits per heavy atom. The number of pyridine rings is 1. The van der Waals surface area contributed by atoms with Crippen molar-refractivity contribution in [1.29, 1.82) is 0 Å². The first-order chi connectivity index (χ1) is 18.5. The molecule has 0 saturated heterocycles. The number of hydrogen-bond donors (Lipinski definition) is 3. The van der Waals surface area contributed by atoms with E-state index in [9.17, 15) is 18.3 Å². The van der Waals surface area contributed by atoms with Crippen LogP contribution in [0.1, 0.15) is 48.3 Å². The number of nitrogens with one attached hydrogen (secondary N) is 2. The lowest BCUT2D eigenvalue weighted by Crippen LogP contribution is -2.51. The molecule has 1 aromatic carbocycles. The molecule has 10 heteroatoms. The number of anilines is 1. The molecule has 1 aromatic heterocycles. The third-order valence-electron chi connectivity index (χ3n) is 6.46. The van der Waals surface area contributed by atoms with Gasteiger partial charge < -0.3 is 20.5 Å². The predicted molar refractivity (Wildman–Crippen MR) is 155 cm³/mol. The number of aliphatic hydroxyl groups is 1. The van der Waals surface area contributed by atoms with Gasteiger partial charge in [-0.15, -0.1) is 13.2 Å². The van der Waals surface area contributed by atoms with Gasteiger partial charge in [-0.1, -0.05) is 24.3 Å². The lowest BCUT2D eigenvalue weighted by atomic mass is 10.1. The van der Waals surface area contributed by atoms with Crippen molar-refractivity contribution in [2.24, 2.45) is 0 Å². The smallest absolute Gasteiger partial charge is 0.251 e. The van der Waals surface area contributed by atoms with Gasteiger partial charge in [-0.2, -0.15) is 0 Å². The van der Waals surface area contributed by atoms with Gasteiger partial charge in [0.05, 0.1) is 17.4 Å². The molecular formula is C29H40N4O5S. The Hall–Kier alpha value is -3.21. The number of carbonyl (C=O) groups is 1. The minimum Gasteiger partial charge on any atom is -0.491 e. The van der Waals surface area contributed by atoms with E-state index in [0.29, 0.717) is 36.9 Å². The summed E-state index contributed by atoms with van der Waals surface area (Å²) in [6.45, 7) is 11.0. The highest BCUT2D eigenvalue weighted by Crippen LogP contribution is 2.21. The molecule has 0 radical (unpaired) electrons. The lowest BCUT2D eigenvalue weighted by molar-refractivity contribution is 0.0733. The van der Waals surface area contributed by atoms with Gasteiger partial charge in [0.2, 0.25) is 10.0 Å². The van der Waals surface area contributed by atoms with Crippen LogP contribution in [0.15, 0.2) is 61.7 Å². The molecule has 1 aliphatic rings. The van der Waals surface area contributed by atoms with Gasteiger partial charge in [-0.25, -0.2) is 13.4 Å². The molecule has 1 heterocycles. The Morgan fingerprint density at radius 2 is 1.92 bits per heavy atom. The van der Waals surface area contributed by atoms with Crippen LogP contribution in [0.25, 0.3) is 0 Å². The fraction of sp³-hybridized carbons (Fsp3) is 0.448. The molecule has 9 nitrogen and oxygen atoms in total. The van der Waals surface area contributed by atoms with E-state index in [0.717, 1.165) is 22.7 Å². The van der Waals surface area contributed by atoms with Gasteiger partial charge in [0.15, 0.2) is 0 Å². The summed E-state index contributed by atoms with van der Waals surface area (Å²) < 4.78 is 32.6.